The number of carbonyl (C=O) groups is 2. The molecule has 43 heavy (non-hydrogen) atoms. The number of ether oxygens (including phenoxy) is 1. The number of nitrogens with one attached hydrogen (secondary N) is 1. The number of aliphatic carboxylic acids is 1. The summed E-state index contributed by atoms with van der Waals surface area (Å²) in [6, 6.07) is 15.2. The van der Waals surface area contributed by atoms with Gasteiger partial charge in [0.1, 0.15) is 16.7 Å². The van der Waals surface area contributed by atoms with Crippen LogP contribution < -0.4 is 10.1 Å². The third-order valence-electron chi connectivity index (χ3n) is 6.72. The number of aromatic nitrogens is 2. The number of thiophene rings is 1. The number of benzene rings is 2. The largest absolute Gasteiger partial charge is 0.494 e. The highest BCUT2D eigenvalue weighted by molar-refractivity contribution is 7.14. The van der Waals surface area contributed by atoms with Crippen LogP contribution in [0.3, 0.4) is 0 Å². The average Bonchev–Trinajstić information content (AvgIpc) is 3.51. The van der Waals surface area contributed by atoms with Crippen LogP contribution in [0.15, 0.2) is 73.1 Å². The lowest BCUT2D eigenvalue weighted by Crippen LogP contribution is -2.42. The maximum Gasteiger partial charge on any atom is 0.425 e. The van der Waals surface area contributed by atoms with Gasteiger partial charge in [0, 0.05) is 29.9 Å². The van der Waals surface area contributed by atoms with Gasteiger partial charge in [-0.3, -0.25) is 4.79 Å². The van der Waals surface area contributed by atoms with Crippen molar-refractivity contribution in [1.29, 1.82) is 0 Å². The molecule has 0 radical (unpaired) electrons. The highest BCUT2D eigenvalue weighted by Gasteiger charge is 2.33. The van der Waals surface area contributed by atoms with Crippen molar-refractivity contribution >= 4 is 23.2 Å². The van der Waals surface area contributed by atoms with E-state index in [1.807, 2.05) is 24.3 Å². The first kappa shape index (κ1) is 31.7. The molecule has 0 saturated heterocycles. The van der Waals surface area contributed by atoms with Crippen molar-refractivity contribution in [2.45, 2.75) is 57.7 Å². The second-order valence-corrected chi connectivity index (χ2v) is 11.1. The average molecular weight is 612 g/mol. The van der Waals surface area contributed by atoms with Crippen LogP contribution in [0.5, 0.6) is 5.75 Å². The van der Waals surface area contributed by atoms with E-state index in [2.05, 4.69) is 22.2 Å². The molecule has 0 bridgehead atoms. The van der Waals surface area contributed by atoms with Crippen LogP contribution >= 0.6 is 11.3 Å². The minimum Gasteiger partial charge on any atom is -0.494 e. The number of halogens is 3. The summed E-state index contributed by atoms with van der Waals surface area (Å²) in [7, 11) is 0. The Labute approximate surface area is 251 Å². The Kier molecular flexibility index (Phi) is 10.9. The van der Waals surface area contributed by atoms with Gasteiger partial charge in [0.2, 0.25) is 0 Å². The van der Waals surface area contributed by atoms with Gasteiger partial charge >= 0.3 is 12.1 Å². The van der Waals surface area contributed by atoms with Gasteiger partial charge in [0.25, 0.3) is 5.91 Å². The van der Waals surface area contributed by atoms with Crippen molar-refractivity contribution in [3.05, 3.63) is 88.4 Å². The van der Waals surface area contributed by atoms with Gasteiger partial charge in [-0.1, -0.05) is 69.0 Å². The topological polar surface area (TPSA) is 101 Å². The minimum atomic E-state index is -4.57. The molecule has 0 aliphatic heterocycles. The molecular weight excluding hydrogens is 579 g/mol. The Bertz CT molecular complexity index is 1490. The van der Waals surface area contributed by atoms with Gasteiger partial charge in [-0.05, 0) is 41.8 Å². The molecular formula is C32H32F3N3O4S. The Morgan fingerprint density at radius 3 is 2.14 bits per heavy atom. The summed E-state index contributed by atoms with van der Waals surface area (Å²) in [6.07, 6.45) is 4.75. The summed E-state index contributed by atoms with van der Waals surface area (Å²) >= 11 is 0.263. The van der Waals surface area contributed by atoms with Gasteiger partial charge in [0.05, 0.1) is 11.5 Å². The normalized spacial score (nSPS) is 12.1. The van der Waals surface area contributed by atoms with E-state index in [4.69, 9.17) is 4.74 Å². The van der Waals surface area contributed by atoms with Crippen LogP contribution in [-0.2, 0) is 17.4 Å². The summed E-state index contributed by atoms with van der Waals surface area (Å²) in [5.74, 6) is -0.868. The summed E-state index contributed by atoms with van der Waals surface area (Å²) in [4.78, 5) is 32.0. The summed E-state index contributed by atoms with van der Waals surface area (Å²) in [5.41, 5.74) is 3.13. The number of unbranched alkanes of at least 4 members (excludes halogenated alkanes) is 4. The summed E-state index contributed by atoms with van der Waals surface area (Å²) in [5, 5.41) is 11.9. The van der Waals surface area contributed by atoms with E-state index in [0.717, 1.165) is 35.4 Å². The molecule has 0 fully saturated rings. The van der Waals surface area contributed by atoms with Crippen LogP contribution in [0.25, 0.3) is 22.5 Å². The van der Waals surface area contributed by atoms with Crippen molar-refractivity contribution in [2.24, 2.45) is 0 Å². The summed E-state index contributed by atoms with van der Waals surface area (Å²) < 4.78 is 44.4. The molecule has 11 heteroatoms. The van der Waals surface area contributed by atoms with Gasteiger partial charge in [-0.25, -0.2) is 14.8 Å². The van der Waals surface area contributed by atoms with Crippen LogP contribution in [0, 0.1) is 0 Å². The number of amides is 1. The number of carboxylic acids is 1. The van der Waals surface area contributed by atoms with E-state index in [9.17, 15) is 27.9 Å². The van der Waals surface area contributed by atoms with Gasteiger partial charge in [0.15, 0.2) is 5.82 Å². The first-order valence-corrected chi connectivity index (χ1v) is 14.8. The number of hydrogen-bond acceptors (Lipinski definition) is 6. The molecule has 1 atom stereocenters. The third kappa shape index (κ3) is 9.12. The Hall–Kier alpha value is -4.25. The quantitative estimate of drug-likeness (QED) is 0.142. The molecule has 1 unspecified atom stereocenters. The highest BCUT2D eigenvalue weighted by atomic mass is 32.1. The number of nitrogens with zero attached hydrogens (tertiary/aromatic N) is 2. The molecule has 1 amide bonds. The zero-order chi connectivity index (χ0) is 30.8. The Morgan fingerprint density at radius 1 is 0.884 bits per heavy atom. The Morgan fingerprint density at radius 2 is 1.53 bits per heavy atom. The van der Waals surface area contributed by atoms with E-state index in [1.165, 1.54) is 25.7 Å². The van der Waals surface area contributed by atoms with Gasteiger partial charge < -0.3 is 15.2 Å². The second kappa shape index (κ2) is 14.8. The lowest BCUT2D eigenvalue weighted by atomic mass is 10.0. The molecule has 226 valence electrons. The van der Waals surface area contributed by atoms with Crippen molar-refractivity contribution in [3.8, 4) is 28.3 Å². The molecule has 0 aliphatic rings. The van der Waals surface area contributed by atoms with Crippen LogP contribution in [0.2, 0.25) is 0 Å². The zero-order valence-corrected chi connectivity index (χ0v) is 24.4. The van der Waals surface area contributed by atoms with Gasteiger partial charge in [-0.2, -0.15) is 13.2 Å². The maximum absolute atomic E-state index is 12.8. The number of carbonyl (C=O) groups excluding carboxylic acids is 1. The van der Waals surface area contributed by atoms with Crippen molar-refractivity contribution < 1.29 is 32.6 Å². The van der Waals surface area contributed by atoms with Crippen LogP contribution in [0.4, 0.5) is 13.2 Å². The zero-order valence-electron chi connectivity index (χ0n) is 23.6. The van der Waals surface area contributed by atoms with Gasteiger partial charge in [-0.15, -0.1) is 11.3 Å². The first-order chi connectivity index (χ1) is 20.6. The molecule has 0 aliphatic carbocycles. The lowest BCUT2D eigenvalue weighted by molar-refractivity contribution is -0.139. The summed E-state index contributed by atoms with van der Waals surface area (Å²) in [6.45, 7) is 2.90. The molecule has 2 heterocycles. The monoisotopic (exact) mass is 611 g/mol. The molecule has 2 aromatic heterocycles. The lowest BCUT2D eigenvalue weighted by Gasteiger charge is -2.14. The third-order valence-corrected chi connectivity index (χ3v) is 7.85. The highest BCUT2D eigenvalue weighted by Crippen LogP contribution is 2.34. The standard InChI is InChI=1S/C32H32F3N3O4S/c1-2-3-4-5-6-17-42-25-13-11-22(12-14-25)24-19-36-29(37-20-24)23-9-7-21(8-10-23)18-26(31(40)41)38-30(39)27-15-16-28(43-27)32(33,34)35/h7-16,19-20,26H,2-6,17-18H2,1H3,(H,38,39)(H,40,41). The van der Waals surface area contributed by atoms with E-state index in [1.54, 1.807) is 36.7 Å². The molecule has 2 aromatic carbocycles. The fourth-order valence-corrected chi connectivity index (χ4v) is 5.11. The molecule has 0 spiro atoms. The molecule has 2 N–H and O–H groups in total. The first-order valence-electron chi connectivity index (χ1n) is 14.0. The van der Waals surface area contributed by atoms with Crippen LogP contribution in [0.1, 0.15) is 59.1 Å². The van der Waals surface area contributed by atoms with Crippen molar-refractivity contribution in [2.75, 3.05) is 6.61 Å². The molecule has 4 aromatic rings. The van der Waals surface area contributed by atoms with Crippen molar-refractivity contribution in [1.82, 2.24) is 15.3 Å². The number of hydrogen-bond donors (Lipinski definition) is 2. The SMILES string of the molecule is CCCCCCCOc1ccc(-c2cnc(-c3ccc(CC(NC(=O)c4ccc(C(F)(F)F)s4)C(=O)O)cc3)nc2)cc1. The van der Waals surface area contributed by atoms with Crippen molar-refractivity contribution in [3.63, 3.8) is 0 Å². The van der Waals surface area contributed by atoms with E-state index >= 15 is 0 Å². The number of alkyl halides is 3. The molecule has 0 saturated carbocycles. The predicted molar refractivity (Wildman–Crippen MR) is 159 cm³/mol. The predicted octanol–water partition coefficient (Wildman–Crippen LogP) is 7.67. The molecule has 4 rings (SSSR count). The van der Waals surface area contributed by atoms with Crippen LogP contribution in [-0.4, -0.2) is 39.6 Å². The van der Waals surface area contributed by atoms with E-state index in [-0.39, 0.29) is 22.6 Å². The maximum atomic E-state index is 12.8. The van der Waals surface area contributed by atoms with E-state index in [0.29, 0.717) is 23.6 Å². The smallest absolute Gasteiger partial charge is 0.425 e. The fraction of sp³-hybridized carbons (Fsp3) is 0.312. The van der Waals surface area contributed by atoms with E-state index < -0.39 is 29.0 Å². The number of carboxylic acid groups (broad SMARTS) is 1. The fourth-order valence-electron chi connectivity index (χ4n) is 4.33. The molecule has 7 nitrogen and oxygen atoms in total. The minimum absolute atomic E-state index is 0.0583. The Balaban J connectivity index is 1.32. The second-order valence-electron chi connectivity index (χ2n) is 10.0. The number of rotatable bonds is 14.